The molecular formula is C25H30N6O4. The number of carbonyl (C=O) groups is 3. The Bertz CT molecular complexity index is 1090. The summed E-state index contributed by atoms with van der Waals surface area (Å²) in [7, 11) is 0. The zero-order valence-electron chi connectivity index (χ0n) is 20.0. The van der Waals surface area contributed by atoms with Gasteiger partial charge in [-0.15, -0.1) is 0 Å². The van der Waals surface area contributed by atoms with Gasteiger partial charge in [0, 0.05) is 58.3 Å². The van der Waals surface area contributed by atoms with Crippen molar-refractivity contribution in [2.24, 2.45) is 0 Å². The summed E-state index contributed by atoms with van der Waals surface area (Å²) in [5.74, 6) is 2.04. The lowest BCUT2D eigenvalue weighted by molar-refractivity contribution is -0.131. The van der Waals surface area contributed by atoms with Gasteiger partial charge in [0.25, 0.3) is 11.8 Å². The molecule has 2 saturated heterocycles. The highest BCUT2D eigenvalue weighted by Crippen LogP contribution is 2.24. The minimum absolute atomic E-state index is 0.0501. The monoisotopic (exact) mass is 478 g/mol. The van der Waals surface area contributed by atoms with E-state index in [9.17, 15) is 14.4 Å². The zero-order valence-corrected chi connectivity index (χ0v) is 20.0. The summed E-state index contributed by atoms with van der Waals surface area (Å²) in [4.78, 5) is 54.5. The number of aryl methyl sites for hydroxylation is 1. The predicted molar refractivity (Wildman–Crippen MR) is 130 cm³/mol. The number of anilines is 2. The predicted octanol–water partition coefficient (Wildman–Crippen LogP) is 1.35. The van der Waals surface area contributed by atoms with Gasteiger partial charge in [-0.2, -0.15) is 0 Å². The first-order valence-corrected chi connectivity index (χ1v) is 12.2. The highest BCUT2D eigenvalue weighted by atomic mass is 16.5. The molecule has 184 valence electrons. The number of morpholine rings is 1. The van der Waals surface area contributed by atoms with Crippen LogP contribution < -0.4 is 9.80 Å². The Balaban J connectivity index is 1.11. The highest BCUT2D eigenvalue weighted by Gasteiger charge is 2.34. The molecule has 4 heterocycles. The van der Waals surface area contributed by atoms with E-state index in [0.29, 0.717) is 63.4 Å². The first kappa shape index (κ1) is 23.2. The minimum Gasteiger partial charge on any atom is -0.378 e. The third-order valence-corrected chi connectivity index (χ3v) is 6.75. The Morgan fingerprint density at radius 2 is 1.46 bits per heavy atom. The molecule has 10 heteroatoms. The molecule has 0 aliphatic carbocycles. The lowest BCUT2D eigenvalue weighted by atomic mass is 10.1. The number of imide groups is 1. The molecule has 1 aromatic carbocycles. The first-order valence-electron chi connectivity index (χ1n) is 12.2. The second kappa shape index (κ2) is 9.99. The molecule has 0 atom stereocenters. The number of fused-ring (bicyclic) bond motifs is 1. The van der Waals surface area contributed by atoms with Crippen LogP contribution >= 0.6 is 0 Å². The number of nitrogens with zero attached hydrogens (tertiary/aromatic N) is 6. The summed E-state index contributed by atoms with van der Waals surface area (Å²) in [6, 6.07) is 8.87. The SMILES string of the molecule is Cc1nc(N2CCOCC2)cc(N2CCN(C(=O)CCCN3C(=O)c4ccccc4C3=O)CC2)n1. The van der Waals surface area contributed by atoms with Gasteiger partial charge < -0.3 is 19.4 Å². The second-order valence-corrected chi connectivity index (χ2v) is 9.01. The number of rotatable bonds is 6. The van der Waals surface area contributed by atoms with Crippen molar-refractivity contribution in [3.63, 3.8) is 0 Å². The van der Waals surface area contributed by atoms with E-state index in [1.54, 1.807) is 24.3 Å². The zero-order chi connectivity index (χ0) is 24.4. The van der Waals surface area contributed by atoms with Crippen LogP contribution in [0.3, 0.4) is 0 Å². The molecule has 2 aromatic rings. The lowest BCUT2D eigenvalue weighted by Crippen LogP contribution is -2.49. The van der Waals surface area contributed by atoms with Crippen molar-refractivity contribution in [2.45, 2.75) is 19.8 Å². The van der Waals surface area contributed by atoms with Crippen LogP contribution in [-0.4, -0.2) is 96.5 Å². The van der Waals surface area contributed by atoms with Crippen molar-refractivity contribution in [2.75, 3.05) is 68.8 Å². The smallest absolute Gasteiger partial charge is 0.261 e. The minimum atomic E-state index is -0.275. The fourth-order valence-corrected chi connectivity index (χ4v) is 4.83. The molecule has 0 spiro atoms. The molecule has 0 N–H and O–H groups in total. The first-order chi connectivity index (χ1) is 17.0. The summed E-state index contributed by atoms with van der Waals surface area (Å²) >= 11 is 0. The number of carbonyl (C=O) groups excluding carboxylic acids is 3. The summed E-state index contributed by atoms with van der Waals surface area (Å²) in [5, 5.41) is 0. The van der Waals surface area contributed by atoms with E-state index in [4.69, 9.17) is 4.74 Å². The van der Waals surface area contributed by atoms with Crippen LogP contribution in [0.1, 0.15) is 39.4 Å². The molecule has 0 unspecified atom stereocenters. The number of hydrogen-bond acceptors (Lipinski definition) is 8. The molecule has 3 aliphatic heterocycles. The van der Waals surface area contributed by atoms with Gasteiger partial charge in [-0.1, -0.05) is 12.1 Å². The summed E-state index contributed by atoms with van der Waals surface area (Å²) in [5.41, 5.74) is 0.883. The van der Waals surface area contributed by atoms with E-state index in [2.05, 4.69) is 19.8 Å². The van der Waals surface area contributed by atoms with Crippen LogP contribution in [0.15, 0.2) is 30.3 Å². The average Bonchev–Trinajstić information content (AvgIpc) is 3.14. The van der Waals surface area contributed by atoms with Crippen LogP contribution in [0.2, 0.25) is 0 Å². The maximum atomic E-state index is 12.8. The molecule has 5 rings (SSSR count). The maximum absolute atomic E-state index is 12.8. The maximum Gasteiger partial charge on any atom is 0.261 e. The van der Waals surface area contributed by atoms with Gasteiger partial charge in [-0.05, 0) is 25.5 Å². The van der Waals surface area contributed by atoms with Crippen molar-refractivity contribution >= 4 is 29.4 Å². The van der Waals surface area contributed by atoms with Gasteiger partial charge in [-0.25, -0.2) is 9.97 Å². The Kier molecular flexibility index (Phi) is 6.63. The van der Waals surface area contributed by atoms with Crippen LogP contribution in [0.5, 0.6) is 0 Å². The third kappa shape index (κ3) is 4.84. The Morgan fingerprint density at radius 3 is 2.06 bits per heavy atom. The normalized spacial score (nSPS) is 18.3. The van der Waals surface area contributed by atoms with Gasteiger partial charge in [0.05, 0.1) is 24.3 Å². The number of hydrogen-bond donors (Lipinski definition) is 0. The molecule has 0 radical (unpaired) electrons. The van der Waals surface area contributed by atoms with Crippen LogP contribution in [-0.2, 0) is 9.53 Å². The number of amides is 3. The number of piperazine rings is 1. The summed E-state index contributed by atoms with van der Waals surface area (Å²) in [6.07, 6.45) is 0.764. The van der Waals surface area contributed by atoms with Crippen molar-refractivity contribution in [1.29, 1.82) is 0 Å². The molecule has 0 bridgehead atoms. The lowest BCUT2D eigenvalue weighted by Gasteiger charge is -2.36. The summed E-state index contributed by atoms with van der Waals surface area (Å²) < 4.78 is 5.45. The van der Waals surface area contributed by atoms with Gasteiger partial charge in [0.15, 0.2) is 0 Å². The average molecular weight is 479 g/mol. The van der Waals surface area contributed by atoms with E-state index >= 15 is 0 Å². The third-order valence-electron chi connectivity index (χ3n) is 6.75. The fraction of sp³-hybridized carbons (Fsp3) is 0.480. The highest BCUT2D eigenvalue weighted by molar-refractivity contribution is 6.21. The number of aromatic nitrogens is 2. The molecule has 2 fully saturated rings. The number of ether oxygens (including phenoxy) is 1. The molecule has 3 amide bonds. The van der Waals surface area contributed by atoms with Gasteiger partial charge in [0.1, 0.15) is 17.5 Å². The quantitative estimate of drug-likeness (QED) is 0.574. The van der Waals surface area contributed by atoms with E-state index in [1.165, 1.54) is 4.90 Å². The summed E-state index contributed by atoms with van der Waals surface area (Å²) in [6.45, 7) is 7.82. The molecule has 10 nitrogen and oxygen atoms in total. The van der Waals surface area contributed by atoms with Crippen molar-refractivity contribution in [3.05, 3.63) is 47.3 Å². The standard InChI is InChI=1S/C25H30N6O4/c1-18-26-21(17-22(27-18)29-13-15-35-16-14-29)28-9-11-30(12-10-28)23(32)7-4-8-31-24(33)19-5-2-3-6-20(19)25(31)34/h2-3,5-6,17H,4,7-16H2,1H3. The Hall–Kier alpha value is -3.53. The van der Waals surface area contributed by atoms with E-state index in [0.717, 1.165) is 30.5 Å². The van der Waals surface area contributed by atoms with Crippen LogP contribution in [0.25, 0.3) is 0 Å². The van der Waals surface area contributed by atoms with Crippen molar-refractivity contribution < 1.29 is 19.1 Å². The van der Waals surface area contributed by atoms with Gasteiger partial charge in [0.2, 0.25) is 5.91 Å². The Morgan fingerprint density at radius 1 is 0.886 bits per heavy atom. The Labute approximate surface area is 204 Å². The largest absolute Gasteiger partial charge is 0.378 e. The van der Waals surface area contributed by atoms with E-state index < -0.39 is 0 Å². The topological polar surface area (TPSA) is 99.2 Å². The van der Waals surface area contributed by atoms with Crippen LogP contribution in [0, 0.1) is 6.92 Å². The fourth-order valence-electron chi connectivity index (χ4n) is 4.83. The second-order valence-electron chi connectivity index (χ2n) is 9.01. The van der Waals surface area contributed by atoms with Crippen molar-refractivity contribution in [1.82, 2.24) is 19.8 Å². The van der Waals surface area contributed by atoms with E-state index in [1.807, 2.05) is 17.9 Å². The van der Waals surface area contributed by atoms with Crippen molar-refractivity contribution in [3.8, 4) is 0 Å². The molecular weight excluding hydrogens is 448 g/mol. The molecule has 1 aromatic heterocycles. The van der Waals surface area contributed by atoms with Gasteiger partial charge >= 0.3 is 0 Å². The molecule has 35 heavy (non-hydrogen) atoms. The van der Waals surface area contributed by atoms with E-state index in [-0.39, 0.29) is 24.3 Å². The molecule has 3 aliphatic rings. The van der Waals surface area contributed by atoms with Gasteiger partial charge in [-0.3, -0.25) is 19.3 Å². The molecule has 0 saturated carbocycles. The van der Waals surface area contributed by atoms with Crippen LogP contribution in [0.4, 0.5) is 11.6 Å². The number of benzene rings is 1.